The number of para-hydroxylation sites is 1. The number of fused-ring (bicyclic) bond motifs is 1. The van der Waals surface area contributed by atoms with Gasteiger partial charge in [0.2, 0.25) is 17.7 Å². The predicted molar refractivity (Wildman–Crippen MR) is 160 cm³/mol. The quantitative estimate of drug-likeness (QED) is 0.0602. The second-order valence-electron chi connectivity index (χ2n) is 10.4. The van der Waals surface area contributed by atoms with Crippen molar-refractivity contribution >= 4 is 46.5 Å². The molecule has 1 aromatic carbocycles. The van der Waals surface area contributed by atoms with E-state index in [1.165, 1.54) is 0 Å². The number of amides is 3. The van der Waals surface area contributed by atoms with Gasteiger partial charge in [0.25, 0.3) is 0 Å². The fraction of sp³-hybridized carbons (Fsp3) is 0.500. The number of H-pyrrole nitrogens is 1. The maximum atomic E-state index is 13.6. The molecule has 0 fully saturated rings. The van der Waals surface area contributed by atoms with E-state index in [0.29, 0.717) is 18.4 Å². The lowest BCUT2D eigenvalue weighted by Crippen LogP contribution is -2.59. The summed E-state index contributed by atoms with van der Waals surface area (Å²) in [6.07, 6.45) is 2.04. The van der Waals surface area contributed by atoms with E-state index in [2.05, 4.69) is 25.9 Å². The molecule has 12 N–H and O–H groups in total. The number of rotatable bonds is 18. The molecule has 0 aliphatic heterocycles. The van der Waals surface area contributed by atoms with Crippen molar-refractivity contribution in [3.05, 3.63) is 36.0 Å². The Hall–Kier alpha value is -4.66. The van der Waals surface area contributed by atoms with Crippen molar-refractivity contribution in [2.24, 2.45) is 28.1 Å². The van der Waals surface area contributed by atoms with Gasteiger partial charge in [-0.05, 0) is 36.8 Å². The number of hydrogen-bond acceptors (Lipinski definition) is 7. The Balaban J connectivity index is 2.27. The van der Waals surface area contributed by atoms with Crippen molar-refractivity contribution in [2.75, 3.05) is 6.54 Å². The molecule has 0 radical (unpaired) electrons. The number of hydrogen-bond donors (Lipinski definition) is 9. The highest BCUT2D eigenvalue weighted by molar-refractivity contribution is 5.95. The van der Waals surface area contributed by atoms with Gasteiger partial charge in [-0.15, -0.1) is 0 Å². The number of carbonyl (C=O) groups is 5. The Morgan fingerprint density at radius 1 is 0.953 bits per heavy atom. The topological polar surface area (TPSA) is 268 Å². The minimum absolute atomic E-state index is 0.0155. The van der Waals surface area contributed by atoms with Gasteiger partial charge in [0, 0.05) is 36.5 Å². The lowest BCUT2D eigenvalue weighted by molar-refractivity contribution is -0.143. The normalized spacial score (nSPS) is 14.5. The van der Waals surface area contributed by atoms with E-state index in [0.717, 1.165) is 10.9 Å². The minimum Gasteiger partial charge on any atom is -0.481 e. The van der Waals surface area contributed by atoms with E-state index in [1.54, 1.807) is 13.1 Å². The molecule has 0 bridgehead atoms. The van der Waals surface area contributed by atoms with E-state index < -0.39 is 60.2 Å². The first kappa shape index (κ1) is 34.5. The summed E-state index contributed by atoms with van der Waals surface area (Å²) in [5.74, 6) is -5.10. The zero-order valence-electron chi connectivity index (χ0n) is 24.3. The summed E-state index contributed by atoms with van der Waals surface area (Å²) in [6.45, 7) is 3.88. The van der Waals surface area contributed by atoms with Gasteiger partial charge < -0.3 is 48.3 Å². The summed E-state index contributed by atoms with van der Waals surface area (Å²) >= 11 is 0. The molecule has 5 unspecified atom stereocenters. The standard InChI is InChI=1S/C28H42N8O7/c1-3-15(2)23(36-24(39)18(29)8-6-12-32-28(30)31)26(41)35-21(13-16-14-33-19-9-5-4-7-17(16)19)25(40)34-20(27(42)43)10-11-22(37)38/h4-5,7,9,14-15,18,20-21,23,33H,3,6,8,10-13,29H2,1-2H3,(H,34,40)(H,35,41)(H,36,39)(H,37,38)(H,42,43)(H4,30,31,32). The van der Waals surface area contributed by atoms with Crippen molar-refractivity contribution in [3.63, 3.8) is 0 Å². The number of aliphatic carboxylic acids is 2. The highest BCUT2D eigenvalue weighted by Gasteiger charge is 2.33. The Morgan fingerprint density at radius 2 is 1.63 bits per heavy atom. The molecule has 0 spiro atoms. The third-order valence-electron chi connectivity index (χ3n) is 7.09. The molecule has 0 aliphatic rings. The first-order valence-electron chi connectivity index (χ1n) is 14.1. The number of carboxylic acid groups (broad SMARTS) is 2. The van der Waals surface area contributed by atoms with Gasteiger partial charge in [-0.2, -0.15) is 0 Å². The maximum absolute atomic E-state index is 13.6. The van der Waals surface area contributed by atoms with Gasteiger partial charge in [-0.25, -0.2) is 4.79 Å². The number of nitrogens with zero attached hydrogens (tertiary/aromatic N) is 1. The van der Waals surface area contributed by atoms with Crippen molar-refractivity contribution in [1.82, 2.24) is 20.9 Å². The molecule has 15 nitrogen and oxygen atoms in total. The van der Waals surface area contributed by atoms with Gasteiger partial charge in [0.05, 0.1) is 6.04 Å². The van der Waals surface area contributed by atoms with Crippen LogP contribution in [-0.4, -0.2) is 81.5 Å². The minimum atomic E-state index is -1.49. The van der Waals surface area contributed by atoms with Crippen molar-refractivity contribution < 1.29 is 34.2 Å². The molecule has 0 aliphatic carbocycles. The van der Waals surface area contributed by atoms with Crippen LogP contribution in [0.3, 0.4) is 0 Å². The van der Waals surface area contributed by atoms with Crippen LogP contribution < -0.4 is 33.2 Å². The average molecular weight is 603 g/mol. The van der Waals surface area contributed by atoms with E-state index in [1.807, 2.05) is 31.2 Å². The average Bonchev–Trinajstić information content (AvgIpc) is 3.37. The number of guanidine groups is 1. The highest BCUT2D eigenvalue weighted by atomic mass is 16.4. The number of carbonyl (C=O) groups excluding carboxylic acids is 3. The van der Waals surface area contributed by atoms with Gasteiger partial charge in [0.15, 0.2) is 5.96 Å². The zero-order chi connectivity index (χ0) is 32.1. The number of nitrogens with two attached hydrogens (primary N) is 3. The first-order valence-corrected chi connectivity index (χ1v) is 14.1. The molecule has 236 valence electrons. The van der Waals surface area contributed by atoms with Crippen molar-refractivity contribution in [1.29, 1.82) is 0 Å². The van der Waals surface area contributed by atoms with Crippen molar-refractivity contribution in [2.45, 2.75) is 76.5 Å². The fourth-order valence-electron chi connectivity index (χ4n) is 4.40. The maximum Gasteiger partial charge on any atom is 0.326 e. The van der Waals surface area contributed by atoms with Crippen LogP contribution in [0.1, 0.15) is 51.5 Å². The molecule has 0 saturated heterocycles. The highest BCUT2D eigenvalue weighted by Crippen LogP contribution is 2.20. The van der Waals surface area contributed by atoms with Gasteiger partial charge in [-0.1, -0.05) is 38.5 Å². The van der Waals surface area contributed by atoms with E-state index in [-0.39, 0.29) is 37.7 Å². The first-order chi connectivity index (χ1) is 20.3. The van der Waals surface area contributed by atoms with Crippen LogP contribution in [0.25, 0.3) is 10.9 Å². The number of carboxylic acids is 2. The molecule has 3 amide bonds. The summed E-state index contributed by atoms with van der Waals surface area (Å²) in [7, 11) is 0. The molecular formula is C28H42N8O7. The number of aromatic amines is 1. The molecule has 15 heteroatoms. The monoisotopic (exact) mass is 602 g/mol. The lowest BCUT2D eigenvalue weighted by Gasteiger charge is -2.28. The summed E-state index contributed by atoms with van der Waals surface area (Å²) in [5.41, 5.74) is 18.1. The number of aromatic nitrogens is 1. The number of nitrogens with one attached hydrogen (secondary N) is 4. The Bertz CT molecular complexity index is 1310. The molecule has 5 atom stereocenters. The van der Waals surface area contributed by atoms with Crippen LogP contribution in [0.5, 0.6) is 0 Å². The molecule has 0 saturated carbocycles. The smallest absolute Gasteiger partial charge is 0.326 e. The lowest BCUT2D eigenvalue weighted by atomic mass is 9.96. The summed E-state index contributed by atoms with van der Waals surface area (Å²) in [4.78, 5) is 69.6. The number of benzene rings is 1. The summed E-state index contributed by atoms with van der Waals surface area (Å²) in [5, 5.41) is 27.1. The second-order valence-corrected chi connectivity index (χ2v) is 10.4. The zero-order valence-corrected chi connectivity index (χ0v) is 24.3. The molecule has 2 rings (SSSR count). The Kier molecular flexibility index (Phi) is 13.4. The van der Waals surface area contributed by atoms with Crippen LogP contribution in [0.2, 0.25) is 0 Å². The third-order valence-corrected chi connectivity index (χ3v) is 7.09. The number of aliphatic imine (C=N–C) groups is 1. The van der Waals surface area contributed by atoms with Crippen molar-refractivity contribution in [3.8, 4) is 0 Å². The third kappa shape index (κ3) is 10.9. The van der Waals surface area contributed by atoms with E-state index in [4.69, 9.17) is 22.3 Å². The second kappa shape index (κ2) is 16.7. The predicted octanol–water partition coefficient (Wildman–Crippen LogP) is -0.459. The SMILES string of the molecule is CCC(C)C(NC(=O)C(N)CCCN=C(N)N)C(=O)NC(Cc1c[nH]c2ccccc12)C(=O)NC(CCC(=O)O)C(=O)O. The van der Waals surface area contributed by atoms with E-state index in [9.17, 15) is 29.1 Å². The Labute approximate surface area is 249 Å². The Morgan fingerprint density at radius 3 is 2.26 bits per heavy atom. The summed E-state index contributed by atoms with van der Waals surface area (Å²) < 4.78 is 0. The molecule has 1 heterocycles. The molecular weight excluding hydrogens is 560 g/mol. The largest absolute Gasteiger partial charge is 0.481 e. The van der Waals surface area contributed by atoms with Crippen LogP contribution in [0.4, 0.5) is 0 Å². The molecule has 1 aromatic heterocycles. The fourth-order valence-corrected chi connectivity index (χ4v) is 4.40. The van der Waals surface area contributed by atoms with E-state index >= 15 is 0 Å². The molecule has 2 aromatic rings. The van der Waals surface area contributed by atoms with Crippen LogP contribution in [0, 0.1) is 5.92 Å². The summed E-state index contributed by atoms with van der Waals surface area (Å²) in [6, 6.07) is 2.58. The van der Waals surface area contributed by atoms with Crippen LogP contribution >= 0.6 is 0 Å². The van der Waals surface area contributed by atoms with Gasteiger partial charge >= 0.3 is 11.9 Å². The van der Waals surface area contributed by atoms with Gasteiger partial charge in [0.1, 0.15) is 18.1 Å². The van der Waals surface area contributed by atoms with Gasteiger partial charge in [-0.3, -0.25) is 24.2 Å². The van der Waals surface area contributed by atoms with Crippen LogP contribution in [-0.2, 0) is 30.4 Å². The molecule has 43 heavy (non-hydrogen) atoms. The van der Waals surface area contributed by atoms with Crippen LogP contribution in [0.15, 0.2) is 35.5 Å².